The maximum atomic E-state index is 11.2. The molecule has 0 unspecified atom stereocenters. The molecule has 74 valence electrons. The van der Waals surface area contributed by atoms with E-state index in [9.17, 15) is 9.59 Å². The molecule has 0 aromatic carbocycles. The number of hydrogen-bond acceptors (Lipinski definition) is 2. The van der Waals surface area contributed by atoms with Crippen LogP contribution < -0.4 is 5.32 Å². The molecule has 0 aliphatic heterocycles. The van der Waals surface area contributed by atoms with Crippen molar-refractivity contribution in [1.29, 1.82) is 0 Å². The number of rotatable bonds is 4. The Bertz CT molecular complexity index is 243. The number of carbonyl (C=O) groups excluding carboxylic acids is 1. The van der Waals surface area contributed by atoms with Crippen LogP contribution in [0, 0.1) is 0 Å². The van der Waals surface area contributed by atoms with Crippen LogP contribution >= 0.6 is 0 Å². The summed E-state index contributed by atoms with van der Waals surface area (Å²) in [6.45, 7) is 5.43. The van der Waals surface area contributed by atoms with Crippen molar-refractivity contribution in [3.63, 3.8) is 0 Å². The minimum absolute atomic E-state index is 0.0913. The van der Waals surface area contributed by atoms with Crippen molar-refractivity contribution < 1.29 is 14.7 Å². The molecule has 0 heterocycles. The first-order valence-corrected chi connectivity index (χ1v) is 4.19. The Morgan fingerprint density at radius 2 is 1.77 bits per heavy atom. The fourth-order valence-electron chi connectivity index (χ4n) is 0.702. The average molecular weight is 185 g/mol. The number of carbonyl (C=O) groups is 2. The largest absolute Gasteiger partial charge is 0.478 e. The van der Waals surface area contributed by atoms with Gasteiger partial charge in [-0.25, -0.2) is 4.79 Å². The Balaban J connectivity index is 4.40. The van der Waals surface area contributed by atoms with Gasteiger partial charge >= 0.3 is 5.97 Å². The summed E-state index contributed by atoms with van der Waals surface area (Å²) in [6, 6.07) is 0. The van der Waals surface area contributed by atoms with Crippen LogP contribution in [-0.2, 0) is 9.59 Å². The molecule has 0 spiro atoms. The lowest BCUT2D eigenvalue weighted by Crippen LogP contribution is -2.26. The fraction of sp³-hybridized carbons (Fsp3) is 0.556. The van der Waals surface area contributed by atoms with Gasteiger partial charge in [0.15, 0.2) is 0 Å². The molecule has 4 nitrogen and oxygen atoms in total. The van der Waals surface area contributed by atoms with Crippen molar-refractivity contribution in [2.24, 2.45) is 0 Å². The lowest BCUT2D eigenvalue weighted by Gasteiger charge is -2.04. The Morgan fingerprint density at radius 1 is 1.23 bits per heavy atom. The van der Waals surface area contributed by atoms with E-state index >= 15 is 0 Å². The number of carboxylic acid groups (broad SMARTS) is 1. The van der Waals surface area contributed by atoms with Crippen LogP contribution in [0.15, 0.2) is 11.1 Å². The van der Waals surface area contributed by atoms with E-state index < -0.39 is 5.97 Å². The minimum atomic E-state index is -1.05. The van der Waals surface area contributed by atoms with Crippen LogP contribution in [0.1, 0.15) is 27.2 Å². The molecule has 0 saturated heterocycles. The van der Waals surface area contributed by atoms with Crippen LogP contribution in [0.5, 0.6) is 0 Å². The summed E-state index contributed by atoms with van der Waals surface area (Å²) in [6.07, 6.45) is 0.838. The Kier molecular flexibility index (Phi) is 4.80. The molecular weight excluding hydrogens is 170 g/mol. The van der Waals surface area contributed by atoms with Crippen LogP contribution in [0.2, 0.25) is 0 Å². The molecule has 0 aliphatic rings. The number of hydrogen-bond donors (Lipinski definition) is 2. The Hall–Kier alpha value is -1.32. The van der Waals surface area contributed by atoms with E-state index in [1.807, 2.05) is 6.92 Å². The van der Waals surface area contributed by atoms with Crippen molar-refractivity contribution >= 4 is 11.9 Å². The molecule has 13 heavy (non-hydrogen) atoms. The molecule has 4 heteroatoms. The molecular formula is C9H15NO3. The molecule has 0 aromatic heterocycles. The summed E-state index contributed by atoms with van der Waals surface area (Å²) in [5.74, 6) is -1.36. The molecule has 2 N–H and O–H groups in total. The second kappa shape index (κ2) is 5.35. The Labute approximate surface area is 77.6 Å². The molecule has 0 aromatic rings. The maximum absolute atomic E-state index is 11.2. The zero-order chi connectivity index (χ0) is 10.4. The van der Waals surface area contributed by atoms with E-state index in [0.29, 0.717) is 6.54 Å². The summed E-state index contributed by atoms with van der Waals surface area (Å²) in [7, 11) is 0. The molecule has 0 aliphatic carbocycles. The van der Waals surface area contributed by atoms with Crippen LogP contribution in [0.25, 0.3) is 0 Å². The topological polar surface area (TPSA) is 66.4 Å². The van der Waals surface area contributed by atoms with Crippen molar-refractivity contribution in [1.82, 2.24) is 5.32 Å². The molecule has 0 radical (unpaired) electrons. The summed E-state index contributed by atoms with van der Waals surface area (Å²) >= 11 is 0. The van der Waals surface area contributed by atoms with Crippen molar-refractivity contribution in [2.75, 3.05) is 6.54 Å². The van der Waals surface area contributed by atoms with Crippen molar-refractivity contribution in [3.05, 3.63) is 11.1 Å². The molecule has 0 atom stereocenters. The predicted octanol–water partition coefficient (Wildman–Crippen LogP) is 0.934. The van der Waals surface area contributed by atoms with E-state index in [-0.39, 0.29) is 17.1 Å². The second-order valence-corrected chi connectivity index (χ2v) is 2.81. The molecule has 1 amide bonds. The first-order chi connectivity index (χ1) is 6.00. The third-order valence-corrected chi connectivity index (χ3v) is 1.76. The third-order valence-electron chi connectivity index (χ3n) is 1.76. The number of carboxylic acids is 1. The maximum Gasteiger partial charge on any atom is 0.331 e. The van der Waals surface area contributed by atoms with Gasteiger partial charge in [0.1, 0.15) is 0 Å². The number of amides is 1. The highest BCUT2D eigenvalue weighted by atomic mass is 16.4. The van der Waals surface area contributed by atoms with Crippen LogP contribution in [0.4, 0.5) is 0 Å². The van der Waals surface area contributed by atoms with Gasteiger partial charge in [-0.3, -0.25) is 4.79 Å². The summed E-state index contributed by atoms with van der Waals surface area (Å²) in [4.78, 5) is 21.7. The van der Waals surface area contributed by atoms with Gasteiger partial charge in [-0.2, -0.15) is 0 Å². The van der Waals surface area contributed by atoms with E-state index in [0.717, 1.165) is 6.42 Å². The van der Waals surface area contributed by atoms with Gasteiger partial charge < -0.3 is 10.4 Å². The van der Waals surface area contributed by atoms with Gasteiger partial charge in [0.2, 0.25) is 5.91 Å². The zero-order valence-electron chi connectivity index (χ0n) is 8.18. The number of nitrogens with one attached hydrogen (secondary N) is 1. The highest BCUT2D eigenvalue weighted by Crippen LogP contribution is 2.02. The zero-order valence-corrected chi connectivity index (χ0v) is 8.18. The molecule has 0 rings (SSSR count). The molecule has 0 bridgehead atoms. The van der Waals surface area contributed by atoms with Gasteiger partial charge in [-0.05, 0) is 20.3 Å². The normalized spacial score (nSPS) is 11.9. The summed E-state index contributed by atoms with van der Waals surface area (Å²) in [5.41, 5.74) is 0.356. The number of aliphatic carboxylic acids is 1. The van der Waals surface area contributed by atoms with E-state index in [1.54, 1.807) is 0 Å². The highest BCUT2D eigenvalue weighted by molar-refractivity contribution is 6.01. The van der Waals surface area contributed by atoms with Crippen LogP contribution in [-0.4, -0.2) is 23.5 Å². The van der Waals surface area contributed by atoms with E-state index in [4.69, 9.17) is 5.11 Å². The van der Waals surface area contributed by atoms with Gasteiger partial charge in [0.25, 0.3) is 0 Å². The monoisotopic (exact) mass is 185 g/mol. The van der Waals surface area contributed by atoms with Gasteiger partial charge in [-0.15, -0.1) is 0 Å². The van der Waals surface area contributed by atoms with Gasteiger partial charge in [0, 0.05) is 17.7 Å². The second-order valence-electron chi connectivity index (χ2n) is 2.81. The fourth-order valence-corrected chi connectivity index (χ4v) is 0.702. The van der Waals surface area contributed by atoms with Crippen LogP contribution in [0.3, 0.4) is 0 Å². The lowest BCUT2D eigenvalue weighted by molar-refractivity contribution is -0.133. The van der Waals surface area contributed by atoms with E-state index in [2.05, 4.69) is 5.32 Å². The first-order valence-electron chi connectivity index (χ1n) is 4.19. The minimum Gasteiger partial charge on any atom is -0.478 e. The average Bonchev–Trinajstić information content (AvgIpc) is 2.11. The third kappa shape index (κ3) is 3.73. The van der Waals surface area contributed by atoms with E-state index in [1.165, 1.54) is 13.8 Å². The first kappa shape index (κ1) is 11.7. The predicted molar refractivity (Wildman–Crippen MR) is 49.3 cm³/mol. The summed E-state index contributed by atoms with van der Waals surface area (Å²) < 4.78 is 0. The Morgan fingerprint density at radius 3 is 2.15 bits per heavy atom. The lowest BCUT2D eigenvalue weighted by atomic mass is 10.1. The smallest absolute Gasteiger partial charge is 0.331 e. The molecule has 0 saturated carbocycles. The standard InChI is InChI=1S/C9H15NO3/c1-4-5-10-8(11)6(2)7(3)9(12)13/h4-5H2,1-3H3,(H,10,11)(H,12,13)/b7-6-. The highest BCUT2D eigenvalue weighted by Gasteiger charge is 2.11. The SMILES string of the molecule is CCCNC(=O)/C(C)=C(/C)C(=O)O. The van der Waals surface area contributed by atoms with Gasteiger partial charge in [-0.1, -0.05) is 6.92 Å². The quantitative estimate of drug-likeness (QED) is 0.640. The van der Waals surface area contributed by atoms with Gasteiger partial charge in [0.05, 0.1) is 0 Å². The molecule has 0 fully saturated rings. The summed E-state index contributed by atoms with van der Waals surface area (Å²) in [5, 5.41) is 11.2. The van der Waals surface area contributed by atoms with Crippen molar-refractivity contribution in [3.8, 4) is 0 Å². The van der Waals surface area contributed by atoms with Crippen molar-refractivity contribution in [2.45, 2.75) is 27.2 Å².